The smallest absolute Gasteiger partial charge is 0.409 e. The molecule has 0 radical (unpaired) electrons. The first kappa shape index (κ1) is 23.9. The minimum absolute atomic E-state index is 0.0439. The number of nitrogens with one attached hydrogen (secondary N) is 2. The first-order valence-corrected chi connectivity index (χ1v) is 11.2. The van der Waals surface area contributed by atoms with Crippen molar-refractivity contribution >= 4 is 40.1 Å². The summed E-state index contributed by atoms with van der Waals surface area (Å²) in [6.45, 7) is 1.45. The van der Waals surface area contributed by atoms with Crippen LogP contribution in [0.5, 0.6) is 0 Å². The Morgan fingerprint density at radius 1 is 0.939 bits per heavy atom. The van der Waals surface area contributed by atoms with E-state index in [1.54, 1.807) is 31.1 Å². The van der Waals surface area contributed by atoms with E-state index in [2.05, 4.69) is 15.6 Å². The van der Waals surface area contributed by atoms with E-state index in [-0.39, 0.29) is 11.8 Å². The van der Waals surface area contributed by atoms with Gasteiger partial charge in [-0.05, 0) is 48.2 Å². The van der Waals surface area contributed by atoms with Gasteiger partial charge >= 0.3 is 6.09 Å². The van der Waals surface area contributed by atoms with Crippen molar-refractivity contribution in [2.45, 2.75) is 26.2 Å². The van der Waals surface area contributed by atoms with Crippen molar-refractivity contribution in [1.29, 1.82) is 0 Å². The van der Waals surface area contributed by atoms with Crippen molar-refractivity contribution in [3.05, 3.63) is 75.8 Å². The molecule has 2 aromatic carbocycles. The molecule has 172 valence electrons. The van der Waals surface area contributed by atoms with Crippen LogP contribution in [0, 0.1) is 0 Å². The number of benzene rings is 2. The second kappa shape index (κ2) is 10.7. The lowest BCUT2D eigenvalue weighted by atomic mass is 10.0. The Morgan fingerprint density at radius 2 is 1.58 bits per heavy atom. The van der Waals surface area contributed by atoms with Gasteiger partial charge in [0, 0.05) is 43.6 Å². The van der Waals surface area contributed by atoms with Crippen LogP contribution in [0.3, 0.4) is 0 Å². The third kappa shape index (κ3) is 6.88. The summed E-state index contributed by atoms with van der Waals surface area (Å²) in [6.07, 6.45) is 0.943. The zero-order valence-corrected chi connectivity index (χ0v) is 19.5. The van der Waals surface area contributed by atoms with Crippen molar-refractivity contribution in [2.75, 3.05) is 24.7 Å². The number of carbonyl (C=O) groups is 3. The van der Waals surface area contributed by atoms with Crippen molar-refractivity contribution in [1.82, 2.24) is 9.88 Å². The molecule has 1 heterocycles. The van der Waals surface area contributed by atoms with Gasteiger partial charge < -0.3 is 15.3 Å². The van der Waals surface area contributed by atoms with E-state index in [9.17, 15) is 14.4 Å². The molecule has 0 unspecified atom stereocenters. The molecule has 0 aliphatic rings. The zero-order chi connectivity index (χ0) is 24.0. The quantitative estimate of drug-likeness (QED) is 0.459. The SMILES string of the molecule is CC(=O)Nc1nc(CCc2ccc(NC(=O)O)cc2)c(Cc2ccc(C(=O)N(C)C)cc2)s1. The normalized spacial score (nSPS) is 10.5. The lowest BCUT2D eigenvalue weighted by Crippen LogP contribution is -2.21. The van der Waals surface area contributed by atoms with E-state index >= 15 is 0 Å². The van der Waals surface area contributed by atoms with Crippen molar-refractivity contribution in [3.63, 3.8) is 0 Å². The molecule has 0 fully saturated rings. The first-order valence-electron chi connectivity index (χ1n) is 10.4. The largest absolute Gasteiger partial charge is 0.465 e. The van der Waals surface area contributed by atoms with Gasteiger partial charge in [0.05, 0.1) is 5.69 Å². The van der Waals surface area contributed by atoms with Crippen molar-refractivity contribution < 1.29 is 19.5 Å². The Balaban J connectivity index is 1.74. The van der Waals surface area contributed by atoms with Crippen LogP contribution in [0.2, 0.25) is 0 Å². The highest BCUT2D eigenvalue weighted by molar-refractivity contribution is 7.15. The van der Waals surface area contributed by atoms with Crippen LogP contribution in [-0.2, 0) is 24.1 Å². The fourth-order valence-electron chi connectivity index (χ4n) is 3.27. The van der Waals surface area contributed by atoms with Gasteiger partial charge in [0.25, 0.3) is 5.91 Å². The van der Waals surface area contributed by atoms with Crippen LogP contribution >= 0.6 is 11.3 Å². The average Bonchev–Trinajstić information content (AvgIpc) is 3.13. The highest BCUT2D eigenvalue weighted by atomic mass is 32.1. The molecule has 3 rings (SSSR count). The summed E-state index contributed by atoms with van der Waals surface area (Å²) in [4.78, 5) is 41.6. The van der Waals surface area contributed by atoms with Crippen LogP contribution in [0.15, 0.2) is 48.5 Å². The molecule has 0 atom stereocenters. The molecule has 3 N–H and O–H groups in total. The second-order valence-electron chi connectivity index (χ2n) is 7.77. The number of amides is 3. The molecule has 9 heteroatoms. The highest BCUT2D eigenvalue weighted by Crippen LogP contribution is 2.27. The molecule has 0 aliphatic carbocycles. The molecule has 3 aromatic rings. The Kier molecular flexibility index (Phi) is 7.78. The van der Waals surface area contributed by atoms with Gasteiger partial charge in [0.1, 0.15) is 0 Å². The molecule has 0 saturated heterocycles. The number of nitrogens with zero attached hydrogens (tertiary/aromatic N) is 2. The summed E-state index contributed by atoms with van der Waals surface area (Å²) in [7, 11) is 3.44. The first-order chi connectivity index (χ1) is 15.7. The average molecular weight is 467 g/mol. The predicted molar refractivity (Wildman–Crippen MR) is 129 cm³/mol. The molecular formula is C24H26N4O4S. The van der Waals surface area contributed by atoms with Gasteiger partial charge in [-0.3, -0.25) is 14.9 Å². The van der Waals surface area contributed by atoms with Crippen molar-refractivity contribution in [2.24, 2.45) is 0 Å². The number of rotatable bonds is 8. The number of carboxylic acid groups (broad SMARTS) is 1. The summed E-state index contributed by atoms with van der Waals surface area (Å²) >= 11 is 1.45. The number of aromatic nitrogens is 1. The minimum Gasteiger partial charge on any atom is -0.465 e. The second-order valence-corrected chi connectivity index (χ2v) is 8.85. The van der Waals surface area contributed by atoms with E-state index in [0.29, 0.717) is 29.2 Å². The molecular weight excluding hydrogens is 440 g/mol. The van der Waals surface area contributed by atoms with E-state index in [1.165, 1.54) is 18.3 Å². The summed E-state index contributed by atoms with van der Waals surface area (Å²) in [5.74, 6) is -0.215. The van der Waals surface area contributed by atoms with Gasteiger partial charge in [-0.1, -0.05) is 24.3 Å². The summed E-state index contributed by atoms with van der Waals surface area (Å²) in [5.41, 5.74) is 4.16. The van der Waals surface area contributed by atoms with Gasteiger partial charge in [-0.15, -0.1) is 11.3 Å². The van der Waals surface area contributed by atoms with E-state index < -0.39 is 6.09 Å². The van der Waals surface area contributed by atoms with Gasteiger partial charge in [0.15, 0.2) is 5.13 Å². The fraction of sp³-hybridized carbons (Fsp3) is 0.250. The maximum atomic E-state index is 12.1. The molecule has 1 aromatic heterocycles. The van der Waals surface area contributed by atoms with Crippen LogP contribution in [0.1, 0.15) is 39.0 Å². The number of aryl methyl sites for hydroxylation is 2. The molecule has 8 nitrogen and oxygen atoms in total. The Bertz CT molecular complexity index is 1140. The summed E-state index contributed by atoms with van der Waals surface area (Å²) in [5, 5.41) is 14.5. The van der Waals surface area contributed by atoms with Gasteiger partial charge in [-0.2, -0.15) is 0 Å². The van der Waals surface area contributed by atoms with E-state index in [4.69, 9.17) is 5.11 Å². The van der Waals surface area contributed by atoms with Crippen LogP contribution in [0.25, 0.3) is 0 Å². The van der Waals surface area contributed by atoms with Crippen LogP contribution in [0.4, 0.5) is 15.6 Å². The summed E-state index contributed by atoms with van der Waals surface area (Å²) in [6, 6.07) is 14.7. The summed E-state index contributed by atoms with van der Waals surface area (Å²) < 4.78 is 0. The third-order valence-corrected chi connectivity index (χ3v) is 5.90. The molecule has 0 aliphatic heterocycles. The maximum absolute atomic E-state index is 12.1. The standard InChI is InChI=1S/C24H26N4O4S/c1-15(29)25-23-27-20(13-8-16-6-11-19(12-7-16)26-24(31)32)21(33-23)14-17-4-9-18(10-5-17)22(30)28(2)3/h4-7,9-12,26H,8,13-14H2,1-3H3,(H,31,32)(H,25,27,29). The molecule has 3 amide bonds. The third-order valence-electron chi connectivity index (χ3n) is 4.89. The Hall–Kier alpha value is -3.72. The molecule has 0 saturated carbocycles. The maximum Gasteiger partial charge on any atom is 0.409 e. The van der Waals surface area contributed by atoms with Gasteiger partial charge in [0.2, 0.25) is 5.91 Å². The Morgan fingerprint density at radius 3 is 2.15 bits per heavy atom. The lowest BCUT2D eigenvalue weighted by molar-refractivity contribution is -0.114. The zero-order valence-electron chi connectivity index (χ0n) is 18.7. The monoisotopic (exact) mass is 466 g/mol. The highest BCUT2D eigenvalue weighted by Gasteiger charge is 2.14. The van der Waals surface area contributed by atoms with Gasteiger partial charge in [-0.25, -0.2) is 9.78 Å². The Labute approximate surface area is 196 Å². The minimum atomic E-state index is -1.10. The van der Waals surface area contributed by atoms with E-state index in [0.717, 1.165) is 28.1 Å². The van der Waals surface area contributed by atoms with Crippen LogP contribution in [-0.4, -0.2) is 47.0 Å². The fourth-order valence-corrected chi connectivity index (χ4v) is 4.36. The lowest BCUT2D eigenvalue weighted by Gasteiger charge is -2.10. The van der Waals surface area contributed by atoms with Crippen molar-refractivity contribution in [3.8, 4) is 0 Å². The van der Waals surface area contributed by atoms with Crippen LogP contribution < -0.4 is 10.6 Å². The predicted octanol–water partition coefficient (Wildman–Crippen LogP) is 4.27. The number of thiazole rings is 1. The van der Waals surface area contributed by atoms with E-state index in [1.807, 2.05) is 36.4 Å². The number of hydrogen-bond acceptors (Lipinski definition) is 5. The molecule has 0 bridgehead atoms. The number of carbonyl (C=O) groups excluding carboxylic acids is 2. The number of anilines is 2. The number of hydrogen-bond donors (Lipinski definition) is 3. The molecule has 0 spiro atoms. The molecule has 33 heavy (non-hydrogen) atoms. The topological polar surface area (TPSA) is 112 Å².